The smallest absolute Gasteiger partial charge is 0.258 e. The van der Waals surface area contributed by atoms with E-state index < -0.39 is 5.82 Å². The number of halogens is 2. The van der Waals surface area contributed by atoms with Crippen LogP contribution >= 0.6 is 22.6 Å². The maximum Gasteiger partial charge on any atom is 0.258 e. The Morgan fingerprint density at radius 3 is 2.52 bits per heavy atom. The lowest BCUT2D eigenvalue weighted by atomic mass is 10.1. The van der Waals surface area contributed by atoms with Crippen LogP contribution in [0.2, 0.25) is 0 Å². The van der Waals surface area contributed by atoms with E-state index in [0.717, 1.165) is 5.56 Å². The number of hydrogen-bond acceptors (Lipinski definition) is 1. The summed E-state index contributed by atoms with van der Waals surface area (Å²) in [5.74, 6) is -0.810. The Labute approximate surface area is 137 Å². The van der Waals surface area contributed by atoms with Crippen molar-refractivity contribution in [1.29, 1.82) is 0 Å². The van der Waals surface area contributed by atoms with Crippen LogP contribution in [0, 0.1) is 9.39 Å². The Bertz CT molecular complexity index is 622. The molecule has 0 aliphatic carbocycles. The largest absolute Gasteiger partial charge is 0.330 e. The van der Waals surface area contributed by atoms with Gasteiger partial charge in [0.25, 0.3) is 5.91 Å². The normalized spacial score (nSPS) is 10.2. The van der Waals surface area contributed by atoms with Crippen LogP contribution in [-0.2, 0) is 6.54 Å². The first-order valence-corrected chi connectivity index (χ1v) is 7.59. The molecule has 0 radical (unpaired) electrons. The molecule has 0 aromatic heterocycles. The summed E-state index contributed by atoms with van der Waals surface area (Å²) in [7, 11) is 0. The predicted octanol–water partition coefficient (Wildman–Crippen LogP) is 4.26. The molecule has 2 aromatic carbocycles. The van der Waals surface area contributed by atoms with Gasteiger partial charge in [0.15, 0.2) is 0 Å². The Balaban J connectivity index is 2.29. The number of hydrogen-bond donors (Lipinski definition) is 0. The molecule has 108 valence electrons. The number of rotatable bonds is 5. The van der Waals surface area contributed by atoms with E-state index >= 15 is 0 Å². The molecule has 2 nitrogen and oxygen atoms in total. The Hall–Kier alpha value is -1.69. The van der Waals surface area contributed by atoms with Crippen molar-refractivity contribution in [2.75, 3.05) is 6.54 Å². The predicted molar refractivity (Wildman–Crippen MR) is 90.5 cm³/mol. The summed E-state index contributed by atoms with van der Waals surface area (Å²) in [5, 5.41) is 0. The van der Waals surface area contributed by atoms with E-state index in [9.17, 15) is 9.18 Å². The minimum atomic E-state index is -0.492. The zero-order valence-electron chi connectivity index (χ0n) is 11.4. The topological polar surface area (TPSA) is 20.3 Å². The summed E-state index contributed by atoms with van der Waals surface area (Å²) >= 11 is 1.98. The molecule has 1 amide bonds. The lowest BCUT2D eigenvalue weighted by Crippen LogP contribution is -2.32. The quantitative estimate of drug-likeness (QED) is 0.548. The highest BCUT2D eigenvalue weighted by molar-refractivity contribution is 14.1. The fourth-order valence-electron chi connectivity index (χ4n) is 2.04. The molecule has 0 saturated heterocycles. The molecular weight excluding hydrogens is 380 g/mol. The third kappa shape index (κ3) is 3.91. The number of nitrogens with zero attached hydrogens (tertiary/aromatic N) is 1. The first-order chi connectivity index (χ1) is 10.1. The van der Waals surface area contributed by atoms with Gasteiger partial charge in [-0.1, -0.05) is 42.5 Å². The van der Waals surface area contributed by atoms with Crippen LogP contribution in [0.4, 0.5) is 4.39 Å². The first-order valence-electron chi connectivity index (χ1n) is 6.51. The van der Waals surface area contributed by atoms with Crippen molar-refractivity contribution in [3.8, 4) is 0 Å². The van der Waals surface area contributed by atoms with Crippen molar-refractivity contribution >= 4 is 28.5 Å². The van der Waals surface area contributed by atoms with Gasteiger partial charge in [0.05, 0.1) is 5.56 Å². The van der Waals surface area contributed by atoms with Crippen molar-refractivity contribution < 1.29 is 9.18 Å². The summed E-state index contributed by atoms with van der Waals surface area (Å²) in [5.41, 5.74) is 1.12. The first kappa shape index (κ1) is 15.7. The number of amides is 1. The molecule has 4 heteroatoms. The molecule has 0 aliphatic heterocycles. The summed E-state index contributed by atoms with van der Waals surface area (Å²) in [6.07, 6.45) is 1.65. The fraction of sp³-hybridized carbons (Fsp3) is 0.118. The number of benzene rings is 2. The molecule has 0 aliphatic rings. The van der Waals surface area contributed by atoms with Crippen LogP contribution in [0.3, 0.4) is 0 Å². The third-order valence-corrected chi connectivity index (χ3v) is 3.93. The maximum atomic E-state index is 14.0. The van der Waals surface area contributed by atoms with E-state index in [1.165, 1.54) is 6.07 Å². The van der Waals surface area contributed by atoms with Gasteiger partial charge in [-0.25, -0.2) is 4.39 Å². The molecule has 0 atom stereocenters. The third-order valence-electron chi connectivity index (χ3n) is 3.03. The van der Waals surface area contributed by atoms with E-state index in [1.807, 2.05) is 52.9 Å². The molecule has 21 heavy (non-hydrogen) atoms. The van der Waals surface area contributed by atoms with E-state index in [4.69, 9.17) is 0 Å². The fourth-order valence-corrected chi connectivity index (χ4v) is 2.74. The second kappa shape index (κ2) is 7.36. The Morgan fingerprint density at radius 1 is 1.19 bits per heavy atom. The average Bonchev–Trinajstić information content (AvgIpc) is 2.47. The van der Waals surface area contributed by atoms with Crippen LogP contribution < -0.4 is 0 Å². The standard InChI is InChI=1S/C17H15FINO/c1-2-11-20(12-13-7-4-3-5-8-13)17(21)16-14(18)9-6-10-15(16)19/h2-10H,1,11-12H2. The van der Waals surface area contributed by atoms with Gasteiger partial charge in [0.2, 0.25) is 0 Å². The summed E-state index contributed by atoms with van der Waals surface area (Å²) in [6, 6.07) is 14.3. The minimum absolute atomic E-state index is 0.121. The van der Waals surface area contributed by atoms with Crippen molar-refractivity contribution in [3.05, 3.63) is 81.7 Å². The van der Waals surface area contributed by atoms with E-state index in [0.29, 0.717) is 16.7 Å². The maximum absolute atomic E-state index is 14.0. The number of carbonyl (C=O) groups excluding carboxylic acids is 1. The monoisotopic (exact) mass is 395 g/mol. The Kier molecular flexibility index (Phi) is 5.50. The van der Waals surface area contributed by atoms with E-state index in [1.54, 1.807) is 23.1 Å². The van der Waals surface area contributed by atoms with Crippen molar-refractivity contribution in [2.45, 2.75) is 6.54 Å². The van der Waals surface area contributed by atoms with Gasteiger partial charge >= 0.3 is 0 Å². The highest BCUT2D eigenvalue weighted by atomic mass is 127. The molecule has 0 bridgehead atoms. The molecule has 2 aromatic rings. The summed E-state index contributed by atoms with van der Waals surface area (Å²) in [6.45, 7) is 4.47. The molecule has 0 spiro atoms. The van der Waals surface area contributed by atoms with Crippen LogP contribution in [0.5, 0.6) is 0 Å². The van der Waals surface area contributed by atoms with Gasteiger partial charge in [0, 0.05) is 16.7 Å². The number of carbonyl (C=O) groups is 1. The summed E-state index contributed by atoms with van der Waals surface area (Å²) < 4.78 is 14.6. The average molecular weight is 395 g/mol. The molecule has 0 heterocycles. The van der Waals surface area contributed by atoms with Gasteiger partial charge in [0.1, 0.15) is 5.82 Å². The van der Waals surface area contributed by atoms with E-state index in [2.05, 4.69) is 6.58 Å². The lowest BCUT2D eigenvalue weighted by Gasteiger charge is -2.22. The SMILES string of the molecule is C=CCN(Cc1ccccc1)C(=O)c1c(F)cccc1I. The summed E-state index contributed by atoms with van der Waals surface area (Å²) in [4.78, 5) is 14.2. The van der Waals surface area contributed by atoms with Gasteiger partial charge in [-0.2, -0.15) is 0 Å². The molecule has 0 saturated carbocycles. The zero-order chi connectivity index (χ0) is 15.2. The van der Waals surface area contributed by atoms with Crippen LogP contribution in [0.1, 0.15) is 15.9 Å². The second-order valence-electron chi connectivity index (χ2n) is 4.56. The van der Waals surface area contributed by atoms with Gasteiger partial charge in [-0.15, -0.1) is 6.58 Å². The van der Waals surface area contributed by atoms with Crippen molar-refractivity contribution in [2.24, 2.45) is 0 Å². The second-order valence-corrected chi connectivity index (χ2v) is 5.72. The van der Waals surface area contributed by atoms with Crippen molar-refractivity contribution in [3.63, 3.8) is 0 Å². The van der Waals surface area contributed by atoms with Crippen LogP contribution in [-0.4, -0.2) is 17.4 Å². The van der Waals surface area contributed by atoms with Crippen LogP contribution in [0.25, 0.3) is 0 Å². The van der Waals surface area contributed by atoms with Gasteiger partial charge in [-0.05, 0) is 40.3 Å². The molecule has 0 N–H and O–H groups in total. The van der Waals surface area contributed by atoms with Crippen LogP contribution in [0.15, 0.2) is 61.2 Å². The van der Waals surface area contributed by atoms with Gasteiger partial charge in [-0.3, -0.25) is 4.79 Å². The molecular formula is C17H15FINO. The highest BCUT2D eigenvalue weighted by Gasteiger charge is 2.21. The lowest BCUT2D eigenvalue weighted by molar-refractivity contribution is 0.0757. The van der Waals surface area contributed by atoms with Crippen molar-refractivity contribution in [1.82, 2.24) is 4.90 Å². The van der Waals surface area contributed by atoms with Gasteiger partial charge < -0.3 is 4.90 Å². The minimum Gasteiger partial charge on any atom is -0.330 e. The molecule has 0 unspecified atom stereocenters. The highest BCUT2D eigenvalue weighted by Crippen LogP contribution is 2.19. The zero-order valence-corrected chi connectivity index (χ0v) is 13.6. The van der Waals surface area contributed by atoms with E-state index in [-0.39, 0.29) is 11.5 Å². The molecule has 0 fully saturated rings. The molecule has 2 rings (SSSR count). The Morgan fingerprint density at radius 2 is 1.90 bits per heavy atom.